The van der Waals surface area contributed by atoms with E-state index in [0.29, 0.717) is 30.8 Å². The first-order valence-corrected chi connectivity index (χ1v) is 8.97. The summed E-state index contributed by atoms with van der Waals surface area (Å²) in [5.41, 5.74) is 3.73. The average molecular weight is 365 g/mol. The SMILES string of the molecule is Cc1ccc(C)c(OCCNC(=O)CCc2nc3ccccc3[nH]c2=O)c1. The Morgan fingerprint density at radius 2 is 2.00 bits per heavy atom. The van der Waals surface area contributed by atoms with E-state index in [9.17, 15) is 9.59 Å². The fourth-order valence-electron chi connectivity index (χ4n) is 2.77. The Kier molecular flexibility index (Phi) is 5.86. The summed E-state index contributed by atoms with van der Waals surface area (Å²) in [5, 5.41) is 2.81. The summed E-state index contributed by atoms with van der Waals surface area (Å²) >= 11 is 0. The van der Waals surface area contributed by atoms with E-state index in [-0.39, 0.29) is 17.9 Å². The number of para-hydroxylation sites is 2. The zero-order valence-corrected chi connectivity index (χ0v) is 15.5. The summed E-state index contributed by atoms with van der Waals surface area (Å²) in [7, 11) is 0. The number of ether oxygens (including phenoxy) is 1. The van der Waals surface area contributed by atoms with E-state index in [0.717, 1.165) is 22.4 Å². The van der Waals surface area contributed by atoms with Crippen LogP contribution in [0.25, 0.3) is 11.0 Å². The molecule has 2 N–H and O–H groups in total. The maximum absolute atomic E-state index is 12.1. The molecule has 0 bridgehead atoms. The van der Waals surface area contributed by atoms with E-state index in [4.69, 9.17) is 4.74 Å². The molecule has 0 saturated carbocycles. The predicted molar refractivity (Wildman–Crippen MR) is 105 cm³/mol. The third kappa shape index (κ3) is 4.94. The minimum absolute atomic E-state index is 0.131. The lowest BCUT2D eigenvalue weighted by Gasteiger charge is -2.10. The van der Waals surface area contributed by atoms with Gasteiger partial charge in [-0.15, -0.1) is 0 Å². The number of carbonyl (C=O) groups excluding carboxylic acids is 1. The Morgan fingerprint density at radius 3 is 2.85 bits per heavy atom. The third-order valence-electron chi connectivity index (χ3n) is 4.28. The van der Waals surface area contributed by atoms with Gasteiger partial charge >= 0.3 is 0 Å². The second-order valence-electron chi connectivity index (χ2n) is 6.50. The Balaban J connectivity index is 1.47. The number of aromatic amines is 1. The van der Waals surface area contributed by atoms with E-state index in [1.165, 1.54) is 0 Å². The molecule has 0 aliphatic carbocycles. The molecule has 0 unspecified atom stereocenters. The van der Waals surface area contributed by atoms with Gasteiger partial charge in [0.1, 0.15) is 18.1 Å². The average Bonchev–Trinajstić information content (AvgIpc) is 2.66. The number of nitrogens with zero attached hydrogens (tertiary/aromatic N) is 1. The molecule has 0 radical (unpaired) electrons. The smallest absolute Gasteiger partial charge is 0.270 e. The zero-order valence-electron chi connectivity index (χ0n) is 15.5. The van der Waals surface area contributed by atoms with Gasteiger partial charge in [-0.05, 0) is 43.2 Å². The second kappa shape index (κ2) is 8.49. The minimum atomic E-state index is -0.250. The van der Waals surface area contributed by atoms with Crippen LogP contribution in [0.4, 0.5) is 0 Å². The van der Waals surface area contributed by atoms with Crippen molar-refractivity contribution in [2.24, 2.45) is 0 Å². The molecule has 0 aliphatic rings. The summed E-state index contributed by atoms with van der Waals surface area (Å²) in [6.07, 6.45) is 0.502. The minimum Gasteiger partial charge on any atom is -0.491 e. The highest BCUT2D eigenvalue weighted by atomic mass is 16.5. The van der Waals surface area contributed by atoms with Crippen LogP contribution in [-0.4, -0.2) is 29.0 Å². The van der Waals surface area contributed by atoms with E-state index < -0.39 is 0 Å². The molecular weight excluding hydrogens is 342 g/mol. The topological polar surface area (TPSA) is 84.1 Å². The lowest BCUT2D eigenvalue weighted by atomic mass is 10.1. The molecular formula is C21H23N3O3. The molecule has 3 aromatic rings. The van der Waals surface area contributed by atoms with Gasteiger partial charge in [0.25, 0.3) is 5.56 Å². The molecule has 0 aliphatic heterocycles. The first kappa shape index (κ1) is 18.6. The van der Waals surface area contributed by atoms with Crippen LogP contribution < -0.4 is 15.6 Å². The van der Waals surface area contributed by atoms with Crippen molar-refractivity contribution in [1.29, 1.82) is 0 Å². The summed E-state index contributed by atoms with van der Waals surface area (Å²) in [5.74, 6) is 0.699. The van der Waals surface area contributed by atoms with Gasteiger partial charge < -0.3 is 15.0 Å². The van der Waals surface area contributed by atoms with E-state index in [1.807, 2.05) is 50.2 Å². The van der Waals surface area contributed by atoms with Crippen molar-refractivity contribution in [3.63, 3.8) is 0 Å². The van der Waals surface area contributed by atoms with Crippen LogP contribution in [0, 0.1) is 13.8 Å². The van der Waals surface area contributed by atoms with Gasteiger partial charge in [0, 0.05) is 12.8 Å². The largest absolute Gasteiger partial charge is 0.491 e. The molecule has 1 amide bonds. The normalized spacial score (nSPS) is 10.7. The number of nitrogens with one attached hydrogen (secondary N) is 2. The standard InChI is InChI=1S/C21H23N3O3/c1-14-7-8-15(2)19(13-14)27-12-11-22-20(25)10-9-18-21(26)24-17-6-4-3-5-16(17)23-18/h3-8,13H,9-12H2,1-2H3,(H,22,25)(H,24,26). The number of benzene rings is 2. The second-order valence-corrected chi connectivity index (χ2v) is 6.50. The molecule has 3 rings (SSSR count). The number of aromatic nitrogens is 2. The molecule has 0 fully saturated rings. The molecule has 0 spiro atoms. The van der Waals surface area contributed by atoms with Crippen LogP contribution in [0.15, 0.2) is 47.3 Å². The number of amides is 1. The number of hydrogen-bond acceptors (Lipinski definition) is 4. The number of carbonyl (C=O) groups is 1. The number of fused-ring (bicyclic) bond motifs is 1. The van der Waals surface area contributed by atoms with Crippen LogP contribution >= 0.6 is 0 Å². The van der Waals surface area contributed by atoms with Gasteiger partial charge in [-0.2, -0.15) is 0 Å². The Bertz CT molecular complexity index is 1010. The van der Waals surface area contributed by atoms with Crippen molar-refractivity contribution >= 4 is 16.9 Å². The maximum Gasteiger partial charge on any atom is 0.270 e. The van der Waals surface area contributed by atoms with Crippen LogP contribution in [-0.2, 0) is 11.2 Å². The Hall–Kier alpha value is -3.15. The summed E-state index contributed by atoms with van der Waals surface area (Å²) < 4.78 is 5.72. The Labute approximate surface area is 157 Å². The van der Waals surface area contributed by atoms with Crippen LogP contribution in [0.3, 0.4) is 0 Å². The van der Waals surface area contributed by atoms with E-state index in [2.05, 4.69) is 15.3 Å². The van der Waals surface area contributed by atoms with Crippen molar-refractivity contribution < 1.29 is 9.53 Å². The fraction of sp³-hybridized carbons (Fsp3) is 0.286. The molecule has 6 nitrogen and oxygen atoms in total. The summed E-state index contributed by atoms with van der Waals surface area (Å²) in [6.45, 7) is 4.80. The molecule has 6 heteroatoms. The van der Waals surface area contributed by atoms with E-state index in [1.54, 1.807) is 6.07 Å². The van der Waals surface area contributed by atoms with Gasteiger partial charge in [0.05, 0.1) is 17.6 Å². The van der Waals surface area contributed by atoms with Gasteiger partial charge in [0.15, 0.2) is 0 Å². The monoisotopic (exact) mass is 365 g/mol. The van der Waals surface area contributed by atoms with Crippen molar-refractivity contribution in [3.05, 3.63) is 69.6 Å². The van der Waals surface area contributed by atoms with Gasteiger partial charge in [-0.1, -0.05) is 24.3 Å². The molecule has 1 aromatic heterocycles. The quantitative estimate of drug-likeness (QED) is 0.631. The Morgan fingerprint density at radius 1 is 1.19 bits per heavy atom. The molecule has 0 atom stereocenters. The highest BCUT2D eigenvalue weighted by molar-refractivity contribution is 5.76. The van der Waals surface area contributed by atoms with Crippen LogP contribution in [0.5, 0.6) is 5.75 Å². The third-order valence-corrected chi connectivity index (χ3v) is 4.28. The number of hydrogen-bond donors (Lipinski definition) is 2. The number of rotatable bonds is 7. The van der Waals surface area contributed by atoms with Gasteiger partial charge in [-0.25, -0.2) is 4.98 Å². The molecule has 0 saturated heterocycles. The first-order chi connectivity index (χ1) is 13.0. The number of H-pyrrole nitrogens is 1. The van der Waals surface area contributed by atoms with Crippen molar-refractivity contribution in [2.45, 2.75) is 26.7 Å². The fourth-order valence-corrected chi connectivity index (χ4v) is 2.77. The zero-order chi connectivity index (χ0) is 19.2. The lowest BCUT2D eigenvalue weighted by molar-refractivity contribution is -0.121. The van der Waals surface area contributed by atoms with Crippen molar-refractivity contribution in [1.82, 2.24) is 15.3 Å². The van der Waals surface area contributed by atoms with Crippen LogP contribution in [0.1, 0.15) is 23.2 Å². The maximum atomic E-state index is 12.1. The van der Waals surface area contributed by atoms with Gasteiger partial charge in [0.2, 0.25) is 5.91 Å². The summed E-state index contributed by atoms with van der Waals surface area (Å²) in [6, 6.07) is 13.4. The highest BCUT2D eigenvalue weighted by Gasteiger charge is 2.08. The van der Waals surface area contributed by atoms with Gasteiger partial charge in [-0.3, -0.25) is 9.59 Å². The predicted octanol–water partition coefficient (Wildman–Crippen LogP) is 2.67. The molecule has 140 valence electrons. The number of aryl methyl sites for hydroxylation is 3. The van der Waals surface area contributed by atoms with E-state index >= 15 is 0 Å². The molecule has 27 heavy (non-hydrogen) atoms. The first-order valence-electron chi connectivity index (χ1n) is 8.97. The highest BCUT2D eigenvalue weighted by Crippen LogP contribution is 2.18. The lowest BCUT2D eigenvalue weighted by Crippen LogP contribution is -2.29. The van der Waals surface area contributed by atoms with Crippen molar-refractivity contribution in [3.8, 4) is 5.75 Å². The van der Waals surface area contributed by atoms with Crippen molar-refractivity contribution in [2.75, 3.05) is 13.2 Å². The van der Waals surface area contributed by atoms with Crippen LogP contribution in [0.2, 0.25) is 0 Å². The molecule has 2 aromatic carbocycles. The summed E-state index contributed by atoms with van der Waals surface area (Å²) in [4.78, 5) is 31.2. The molecule has 1 heterocycles.